The lowest BCUT2D eigenvalue weighted by Gasteiger charge is -2.18. The van der Waals surface area contributed by atoms with Crippen molar-refractivity contribution < 1.29 is 19.1 Å². The van der Waals surface area contributed by atoms with E-state index in [0.717, 1.165) is 6.42 Å². The number of likely N-dealkylation sites (tertiary alicyclic amines) is 1. The molecule has 1 aliphatic heterocycles. The number of hydrogen-bond donors (Lipinski definition) is 2. The average Bonchev–Trinajstić information content (AvgIpc) is 2.95. The lowest BCUT2D eigenvalue weighted by atomic mass is 10.0. The minimum atomic E-state index is -0.466. The van der Waals surface area contributed by atoms with Crippen LogP contribution in [0, 0.1) is 5.92 Å². The number of carbonyl (C=O) groups excluding carboxylic acids is 3. The summed E-state index contributed by atoms with van der Waals surface area (Å²) >= 11 is 0. The third-order valence-corrected chi connectivity index (χ3v) is 4.57. The Morgan fingerprint density at radius 2 is 1.96 bits per heavy atom. The zero-order valence-corrected chi connectivity index (χ0v) is 15.3. The highest BCUT2D eigenvalue weighted by molar-refractivity contribution is 5.89. The normalized spacial score (nSPS) is 21.2. The Balaban J connectivity index is 1.98. The van der Waals surface area contributed by atoms with Crippen LogP contribution in [0.2, 0.25) is 0 Å². The molecule has 0 saturated carbocycles. The van der Waals surface area contributed by atoms with E-state index in [4.69, 9.17) is 10.5 Å². The van der Waals surface area contributed by atoms with E-state index in [1.807, 2.05) is 24.8 Å². The molecule has 1 saturated heterocycles. The van der Waals surface area contributed by atoms with E-state index in [2.05, 4.69) is 5.32 Å². The second-order valence-electron chi connectivity index (χ2n) is 6.81. The van der Waals surface area contributed by atoms with Gasteiger partial charge < -0.3 is 15.8 Å². The number of nitrogens with one attached hydrogen (secondary N) is 1. The third-order valence-electron chi connectivity index (χ3n) is 4.57. The molecule has 0 aromatic heterocycles. The first-order valence-corrected chi connectivity index (χ1v) is 8.95. The van der Waals surface area contributed by atoms with Gasteiger partial charge in [-0.25, -0.2) is 4.79 Å². The molecule has 1 aromatic carbocycles. The number of esters is 1. The summed E-state index contributed by atoms with van der Waals surface area (Å²) in [6, 6.07) is 8.81. The molecule has 142 valence electrons. The molecule has 1 unspecified atom stereocenters. The van der Waals surface area contributed by atoms with Crippen molar-refractivity contribution >= 4 is 17.8 Å². The topological polar surface area (TPSA) is 102 Å². The van der Waals surface area contributed by atoms with Gasteiger partial charge in [0.05, 0.1) is 12.1 Å². The first-order chi connectivity index (χ1) is 12.4. The van der Waals surface area contributed by atoms with Crippen LogP contribution in [0.5, 0.6) is 0 Å². The van der Waals surface area contributed by atoms with E-state index in [1.54, 1.807) is 24.3 Å². The zero-order chi connectivity index (χ0) is 19.1. The van der Waals surface area contributed by atoms with E-state index >= 15 is 0 Å². The predicted molar refractivity (Wildman–Crippen MR) is 97.3 cm³/mol. The van der Waals surface area contributed by atoms with Crippen LogP contribution in [-0.4, -0.2) is 54.5 Å². The van der Waals surface area contributed by atoms with Gasteiger partial charge in [-0.15, -0.1) is 0 Å². The number of amides is 2. The van der Waals surface area contributed by atoms with Crippen LogP contribution in [0.4, 0.5) is 0 Å². The van der Waals surface area contributed by atoms with Crippen LogP contribution in [-0.2, 0) is 14.3 Å². The molecule has 3 atom stereocenters. The van der Waals surface area contributed by atoms with Crippen LogP contribution in [0.25, 0.3) is 0 Å². The average molecular weight is 361 g/mol. The maximum Gasteiger partial charge on any atom is 0.338 e. The Bertz CT molecular complexity index is 635. The van der Waals surface area contributed by atoms with Crippen LogP contribution in [0.15, 0.2) is 30.3 Å². The van der Waals surface area contributed by atoms with Gasteiger partial charge in [-0.05, 0) is 25.5 Å². The number of primary amides is 1. The van der Waals surface area contributed by atoms with Gasteiger partial charge in [-0.3, -0.25) is 14.5 Å². The van der Waals surface area contributed by atoms with Gasteiger partial charge in [0.25, 0.3) is 0 Å². The summed E-state index contributed by atoms with van der Waals surface area (Å²) in [4.78, 5) is 37.7. The number of nitrogens with two attached hydrogens (primary N) is 1. The number of rotatable bonds is 8. The Morgan fingerprint density at radius 3 is 2.58 bits per heavy atom. The Morgan fingerprint density at radius 1 is 1.27 bits per heavy atom. The molecule has 1 aromatic rings. The maximum atomic E-state index is 12.3. The molecule has 7 heteroatoms. The highest BCUT2D eigenvalue weighted by Gasteiger charge is 2.37. The largest absolute Gasteiger partial charge is 0.457 e. The summed E-state index contributed by atoms with van der Waals surface area (Å²) in [5.74, 6) is -1.17. The number of nitrogens with zero attached hydrogens (tertiary/aromatic N) is 1. The first-order valence-electron chi connectivity index (χ1n) is 8.95. The fourth-order valence-corrected chi connectivity index (χ4v) is 3.05. The minimum Gasteiger partial charge on any atom is -0.457 e. The molecule has 0 bridgehead atoms. The fourth-order valence-electron chi connectivity index (χ4n) is 3.05. The molecular weight excluding hydrogens is 334 g/mol. The van der Waals surface area contributed by atoms with Crippen molar-refractivity contribution in [2.24, 2.45) is 11.7 Å². The molecule has 3 N–H and O–H groups in total. The monoisotopic (exact) mass is 361 g/mol. The van der Waals surface area contributed by atoms with Crippen molar-refractivity contribution in [1.29, 1.82) is 0 Å². The number of benzene rings is 1. The quantitative estimate of drug-likeness (QED) is 0.671. The first kappa shape index (κ1) is 19.9. The van der Waals surface area contributed by atoms with E-state index in [0.29, 0.717) is 18.7 Å². The number of ether oxygens (including phenoxy) is 1. The van der Waals surface area contributed by atoms with E-state index in [-0.39, 0.29) is 30.8 Å². The summed E-state index contributed by atoms with van der Waals surface area (Å²) in [5, 5.41) is 2.91. The van der Waals surface area contributed by atoms with Gasteiger partial charge in [0.1, 0.15) is 6.10 Å². The molecule has 26 heavy (non-hydrogen) atoms. The molecule has 7 nitrogen and oxygen atoms in total. The van der Waals surface area contributed by atoms with Crippen LogP contribution in [0.3, 0.4) is 0 Å². The van der Waals surface area contributed by atoms with Crippen LogP contribution < -0.4 is 11.1 Å². The molecular formula is C19H27N3O4. The number of carbonyl (C=O) groups is 3. The number of hydrogen-bond acceptors (Lipinski definition) is 5. The van der Waals surface area contributed by atoms with Gasteiger partial charge >= 0.3 is 5.97 Å². The van der Waals surface area contributed by atoms with Crippen LogP contribution >= 0.6 is 0 Å². The van der Waals surface area contributed by atoms with E-state index in [1.165, 1.54) is 0 Å². The van der Waals surface area contributed by atoms with Crippen molar-refractivity contribution in [3.05, 3.63) is 35.9 Å². The summed E-state index contributed by atoms with van der Waals surface area (Å²) in [6.45, 7) is 5.05. The van der Waals surface area contributed by atoms with Crippen LogP contribution in [0.1, 0.15) is 37.0 Å². The Kier molecular flexibility index (Phi) is 7.15. The third kappa shape index (κ3) is 5.84. The lowest BCUT2D eigenvalue weighted by Crippen LogP contribution is -2.40. The minimum absolute atomic E-state index is 0.0767. The van der Waals surface area contributed by atoms with Gasteiger partial charge in [0.15, 0.2) is 0 Å². The molecule has 0 aliphatic carbocycles. The second-order valence-corrected chi connectivity index (χ2v) is 6.81. The fraction of sp³-hybridized carbons (Fsp3) is 0.526. The SMILES string of the molecule is CCC(C)NC(=O)CN1C[C@H](CC(N)=O)[C@H](OC(=O)c2ccccc2)C1. The lowest BCUT2D eigenvalue weighted by molar-refractivity contribution is -0.122. The maximum absolute atomic E-state index is 12.3. The Labute approximate surface area is 153 Å². The summed E-state index contributed by atoms with van der Waals surface area (Å²) in [7, 11) is 0. The molecule has 2 rings (SSSR count). The van der Waals surface area contributed by atoms with Crippen molar-refractivity contribution in [3.63, 3.8) is 0 Å². The molecule has 2 amide bonds. The van der Waals surface area contributed by atoms with Crippen molar-refractivity contribution in [1.82, 2.24) is 10.2 Å². The highest BCUT2D eigenvalue weighted by Crippen LogP contribution is 2.24. The summed E-state index contributed by atoms with van der Waals surface area (Å²) in [6.07, 6.45) is 0.510. The van der Waals surface area contributed by atoms with Gasteiger partial charge in [0, 0.05) is 31.5 Å². The highest BCUT2D eigenvalue weighted by atomic mass is 16.5. The smallest absolute Gasteiger partial charge is 0.338 e. The molecule has 1 heterocycles. The standard InChI is InChI=1S/C19H27N3O4/c1-3-13(2)21-18(24)12-22-10-15(9-17(20)23)16(11-22)26-19(25)14-7-5-4-6-8-14/h4-8,13,15-16H,3,9-12H2,1-2H3,(H2,20,23)(H,21,24)/t13?,15-,16+/m0/s1. The predicted octanol–water partition coefficient (Wildman–Crippen LogP) is 0.934. The van der Waals surface area contributed by atoms with Crippen molar-refractivity contribution in [2.45, 2.75) is 38.8 Å². The zero-order valence-electron chi connectivity index (χ0n) is 15.3. The van der Waals surface area contributed by atoms with Crippen molar-refractivity contribution in [2.75, 3.05) is 19.6 Å². The molecule has 1 aliphatic rings. The molecule has 1 fully saturated rings. The summed E-state index contributed by atoms with van der Waals surface area (Å²) < 4.78 is 5.60. The Hall–Kier alpha value is -2.41. The van der Waals surface area contributed by atoms with Gasteiger partial charge in [-0.1, -0.05) is 25.1 Å². The molecule has 0 radical (unpaired) electrons. The molecule has 0 spiro atoms. The van der Waals surface area contributed by atoms with E-state index in [9.17, 15) is 14.4 Å². The van der Waals surface area contributed by atoms with E-state index < -0.39 is 18.0 Å². The second kappa shape index (κ2) is 9.33. The van der Waals surface area contributed by atoms with Crippen molar-refractivity contribution in [3.8, 4) is 0 Å². The summed E-state index contributed by atoms with van der Waals surface area (Å²) in [5.41, 5.74) is 5.79. The van der Waals surface area contributed by atoms with Gasteiger partial charge in [-0.2, -0.15) is 0 Å². The van der Waals surface area contributed by atoms with Gasteiger partial charge in [0.2, 0.25) is 11.8 Å².